The monoisotopic (exact) mass is 380 g/mol. The van der Waals surface area contributed by atoms with Crippen molar-refractivity contribution < 1.29 is 14.3 Å². The molecule has 1 saturated heterocycles. The Balaban J connectivity index is 1.53. The third-order valence-electron chi connectivity index (χ3n) is 5.78. The van der Waals surface area contributed by atoms with Crippen molar-refractivity contribution in [3.05, 3.63) is 59.7 Å². The second-order valence-corrected chi connectivity index (χ2v) is 7.79. The maximum atomic E-state index is 13.1. The predicted octanol–water partition coefficient (Wildman–Crippen LogP) is 3.49. The molecule has 148 valence electrons. The van der Waals surface area contributed by atoms with Crippen LogP contribution < -0.4 is 9.47 Å². The molecule has 1 amide bonds. The number of ether oxygens (including phenoxy) is 2. The summed E-state index contributed by atoms with van der Waals surface area (Å²) in [5.41, 5.74) is 2.24. The Kier molecular flexibility index (Phi) is 5.53. The van der Waals surface area contributed by atoms with Gasteiger partial charge in [-0.2, -0.15) is 0 Å². The highest BCUT2D eigenvalue weighted by molar-refractivity contribution is 5.78. The van der Waals surface area contributed by atoms with Crippen LogP contribution in [0.2, 0.25) is 0 Å². The average Bonchev–Trinajstić information content (AvgIpc) is 3.20. The van der Waals surface area contributed by atoms with Crippen molar-refractivity contribution in [3.8, 4) is 11.5 Å². The van der Waals surface area contributed by atoms with Crippen LogP contribution in [-0.4, -0.2) is 54.7 Å². The van der Waals surface area contributed by atoms with E-state index in [2.05, 4.69) is 36.9 Å². The molecule has 4 rings (SSSR count). The third-order valence-corrected chi connectivity index (χ3v) is 5.78. The van der Waals surface area contributed by atoms with Gasteiger partial charge in [0.1, 0.15) is 0 Å². The molecule has 5 nitrogen and oxygen atoms in total. The minimum Gasteiger partial charge on any atom is -0.454 e. The first-order valence-corrected chi connectivity index (χ1v) is 10.1. The van der Waals surface area contributed by atoms with Crippen molar-refractivity contribution >= 4 is 5.91 Å². The molecule has 2 aromatic carbocycles. The maximum Gasteiger partial charge on any atom is 0.231 e. The van der Waals surface area contributed by atoms with Gasteiger partial charge in [-0.25, -0.2) is 0 Å². The molecular weight excluding hydrogens is 352 g/mol. The van der Waals surface area contributed by atoms with Gasteiger partial charge in [0.05, 0.1) is 0 Å². The standard InChI is InChI=1S/C23H28N2O3/c1-17(2)24-10-12-25(13-11-24)23(26)15-20(18-6-4-3-5-7-18)19-8-9-21-22(14-19)28-16-27-21/h3-9,14,17,20H,10-13,15-16H2,1-2H3/t20-/m1/s1. The lowest BCUT2D eigenvalue weighted by Gasteiger charge is -2.37. The highest BCUT2D eigenvalue weighted by atomic mass is 16.7. The normalized spacial score (nSPS) is 17.8. The Labute approximate surface area is 166 Å². The Morgan fingerprint density at radius 2 is 1.64 bits per heavy atom. The summed E-state index contributed by atoms with van der Waals surface area (Å²) in [4.78, 5) is 17.6. The average molecular weight is 380 g/mol. The van der Waals surface area contributed by atoms with Crippen LogP contribution in [0.4, 0.5) is 0 Å². The van der Waals surface area contributed by atoms with Crippen molar-refractivity contribution in [3.63, 3.8) is 0 Å². The minimum atomic E-state index is 0.00586. The van der Waals surface area contributed by atoms with Gasteiger partial charge in [-0.05, 0) is 37.1 Å². The van der Waals surface area contributed by atoms with Gasteiger partial charge >= 0.3 is 0 Å². The summed E-state index contributed by atoms with van der Waals surface area (Å²) < 4.78 is 11.0. The summed E-state index contributed by atoms with van der Waals surface area (Å²) in [5, 5.41) is 0. The first-order chi connectivity index (χ1) is 13.6. The van der Waals surface area contributed by atoms with Crippen molar-refractivity contribution in [1.29, 1.82) is 0 Å². The van der Waals surface area contributed by atoms with E-state index in [4.69, 9.17) is 9.47 Å². The van der Waals surface area contributed by atoms with E-state index in [1.54, 1.807) is 0 Å². The van der Waals surface area contributed by atoms with Crippen LogP contribution in [0.25, 0.3) is 0 Å². The van der Waals surface area contributed by atoms with Gasteiger partial charge in [-0.1, -0.05) is 36.4 Å². The molecule has 0 radical (unpaired) electrons. The lowest BCUT2D eigenvalue weighted by Crippen LogP contribution is -2.50. The zero-order valence-corrected chi connectivity index (χ0v) is 16.6. The van der Waals surface area contributed by atoms with Crippen LogP contribution in [0.1, 0.15) is 37.3 Å². The van der Waals surface area contributed by atoms with Gasteiger partial charge < -0.3 is 14.4 Å². The lowest BCUT2D eigenvalue weighted by molar-refractivity contribution is -0.133. The minimum absolute atomic E-state index is 0.00586. The fourth-order valence-electron chi connectivity index (χ4n) is 4.03. The molecule has 5 heteroatoms. The Morgan fingerprint density at radius 1 is 0.929 bits per heavy atom. The van der Waals surface area contributed by atoms with E-state index in [0.29, 0.717) is 12.5 Å². The van der Waals surface area contributed by atoms with Crippen LogP contribution >= 0.6 is 0 Å². The van der Waals surface area contributed by atoms with E-state index in [9.17, 15) is 4.79 Å². The highest BCUT2D eigenvalue weighted by Gasteiger charge is 2.27. The Hall–Kier alpha value is -2.53. The van der Waals surface area contributed by atoms with E-state index in [0.717, 1.165) is 48.8 Å². The third kappa shape index (κ3) is 3.99. The maximum absolute atomic E-state index is 13.1. The van der Waals surface area contributed by atoms with Crippen LogP contribution in [0.5, 0.6) is 11.5 Å². The number of carbonyl (C=O) groups excluding carboxylic acids is 1. The molecule has 2 aliphatic rings. The summed E-state index contributed by atoms with van der Waals surface area (Å²) in [7, 11) is 0. The summed E-state index contributed by atoms with van der Waals surface area (Å²) in [6.45, 7) is 8.19. The Bertz CT molecular complexity index is 814. The molecular formula is C23H28N2O3. The molecule has 2 aromatic rings. The second-order valence-electron chi connectivity index (χ2n) is 7.79. The smallest absolute Gasteiger partial charge is 0.231 e. The number of fused-ring (bicyclic) bond motifs is 1. The molecule has 1 fully saturated rings. The summed E-state index contributed by atoms with van der Waals surface area (Å²) >= 11 is 0. The van der Waals surface area contributed by atoms with Crippen LogP contribution in [0.15, 0.2) is 48.5 Å². The number of amides is 1. The highest BCUT2D eigenvalue weighted by Crippen LogP contribution is 2.37. The number of piperazine rings is 1. The molecule has 0 unspecified atom stereocenters. The molecule has 1 atom stereocenters. The van der Waals surface area contributed by atoms with Crippen LogP contribution in [0.3, 0.4) is 0 Å². The predicted molar refractivity (Wildman–Crippen MR) is 109 cm³/mol. The molecule has 28 heavy (non-hydrogen) atoms. The largest absolute Gasteiger partial charge is 0.454 e. The first-order valence-electron chi connectivity index (χ1n) is 10.1. The van der Waals surface area contributed by atoms with E-state index < -0.39 is 0 Å². The quantitative estimate of drug-likeness (QED) is 0.796. The van der Waals surface area contributed by atoms with Gasteiger partial charge in [-0.3, -0.25) is 9.69 Å². The first kappa shape index (κ1) is 18.8. The van der Waals surface area contributed by atoms with Crippen molar-refractivity contribution in [2.45, 2.75) is 32.2 Å². The number of carbonyl (C=O) groups is 1. The molecule has 0 aromatic heterocycles. The molecule has 0 aliphatic carbocycles. The number of nitrogens with zero attached hydrogens (tertiary/aromatic N) is 2. The fourth-order valence-corrected chi connectivity index (χ4v) is 4.03. The second kappa shape index (κ2) is 8.23. The molecule has 2 heterocycles. The summed E-state index contributed by atoms with van der Waals surface area (Å²) in [6, 6.07) is 16.8. The molecule has 0 bridgehead atoms. The number of hydrogen-bond donors (Lipinski definition) is 0. The molecule has 2 aliphatic heterocycles. The van der Waals surface area contributed by atoms with E-state index in [-0.39, 0.29) is 18.6 Å². The zero-order valence-electron chi connectivity index (χ0n) is 16.6. The molecule has 0 saturated carbocycles. The Morgan fingerprint density at radius 3 is 2.36 bits per heavy atom. The van der Waals surface area contributed by atoms with Crippen molar-refractivity contribution in [2.75, 3.05) is 33.0 Å². The number of benzene rings is 2. The van der Waals surface area contributed by atoms with Gasteiger partial charge in [-0.15, -0.1) is 0 Å². The number of rotatable bonds is 5. The van der Waals surface area contributed by atoms with Crippen LogP contribution in [0, 0.1) is 0 Å². The number of hydrogen-bond acceptors (Lipinski definition) is 4. The van der Waals surface area contributed by atoms with Gasteiger partial charge in [0.15, 0.2) is 11.5 Å². The fraction of sp³-hybridized carbons (Fsp3) is 0.435. The van der Waals surface area contributed by atoms with E-state index >= 15 is 0 Å². The van der Waals surface area contributed by atoms with Crippen molar-refractivity contribution in [2.24, 2.45) is 0 Å². The van der Waals surface area contributed by atoms with Gasteiger partial charge in [0.25, 0.3) is 0 Å². The topological polar surface area (TPSA) is 42.0 Å². The summed E-state index contributed by atoms with van der Waals surface area (Å²) in [5.74, 6) is 1.75. The van der Waals surface area contributed by atoms with E-state index in [1.165, 1.54) is 0 Å². The van der Waals surface area contributed by atoms with Gasteiger partial charge in [0, 0.05) is 44.6 Å². The lowest BCUT2D eigenvalue weighted by atomic mass is 9.87. The molecule has 0 N–H and O–H groups in total. The summed E-state index contributed by atoms with van der Waals surface area (Å²) in [6.07, 6.45) is 0.464. The zero-order chi connectivity index (χ0) is 19.5. The van der Waals surface area contributed by atoms with Gasteiger partial charge in [0.2, 0.25) is 12.7 Å². The van der Waals surface area contributed by atoms with E-state index in [1.807, 2.05) is 35.2 Å². The van der Waals surface area contributed by atoms with Crippen molar-refractivity contribution in [1.82, 2.24) is 9.80 Å². The van der Waals surface area contributed by atoms with Crippen LogP contribution in [-0.2, 0) is 4.79 Å². The molecule has 0 spiro atoms. The SMILES string of the molecule is CC(C)N1CCN(C(=O)C[C@H](c2ccccc2)c2ccc3c(c2)OCO3)CC1.